The maximum Gasteiger partial charge on any atom is 0.256 e. The molecule has 11 nitrogen and oxygen atoms in total. The van der Waals surface area contributed by atoms with E-state index in [0.717, 1.165) is 11.1 Å². The van der Waals surface area contributed by atoms with Gasteiger partial charge in [-0.05, 0) is 73.0 Å². The second-order valence-electron chi connectivity index (χ2n) is 10.8. The van der Waals surface area contributed by atoms with Crippen LogP contribution < -0.4 is 21.1 Å². The number of amides is 2. The zero-order valence-electron chi connectivity index (χ0n) is 25.5. The molecular weight excluding hydrogens is 601 g/mol. The molecule has 0 saturated carbocycles. The number of anilines is 1. The largest absolute Gasteiger partial charge is 0.438 e. The molecule has 1 atom stereocenters. The molecule has 0 saturated heterocycles. The molecule has 6 rings (SSSR count). The minimum atomic E-state index is -0.423. The Bertz CT molecular complexity index is 2070. The lowest BCUT2D eigenvalue weighted by molar-refractivity contribution is -0.111. The van der Waals surface area contributed by atoms with Gasteiger partial charge in [0.05, 0.1) is 11.8 Å². The number of benzene rings is 2. The minimum Gasteiger partial charge on any atom is -0.438 e. The van der Waals surface area contributed by atoms with Gasteiger partial charge in [-0.25, -0.2) is 14.4 Å². The van der Waals surface area contributed by atoms with Crippen LogP contribution >= 0.6 is 0 Å². The zero-order chi connectivity index (χ0) is 32.9. The van der Waals surface area contributed by atoms with Crippen LogP contribution in [0.4, 0.5) is 10.1 Å². The predicted molar refractivity (Wildman–Crippen MR) is 175 cm³/mol. The van der Waals surface area contributed by atoms with Crippen molar-refractivity contribution in [2.24, 2.45) is 12.8 Å². The lowest BCUT2D eigenvalue weighted by atomic mass is 9.89. The van der Waals surface area contributed by atoms with E-state index in [9.17, 15) is 14.0 Å². The van der Waals surface area contributed by atoms with Crippen LogP contribution in [0, 0.1) is 5.82 Å². The maximum absolute atomic E-state index is 13.6. The van der Waals surface area contributed by atoms with Crippen molar-refractivity contribution >= 4 is 34.7 Å². The number of ether oxygens (including phenoxy) is 1. The van der Waals surface area contributed by atoms with E-state index in [1.54, 1.807) is 48.1 Å². The van der Waals surface area contributed by atoms with Gasteiger partial charge in [0.15, 0.2) is 0 Å². The highest BCUT2D eigenvalue weighted by atomic mass is 19.1. The van der Waals surface area contributed by atoms with Crippen molar-refractivity contribution in [2.75, 3.05) is 5.32 Å². The van der Waals surface area contributed by atoms with Gasteiger partial charge in [0.2, 0.25) is 18.0 Å². The highest BCUT2D eigenvalue weighted by molar-refractivity contribution is 6.26. The van der Waals surface area contributed by atoms with Crippen molar-refractivity contribution < 1.29 is 23.1 Å². The van der Waals surface area contributed by atoms with Gasteiger partial charge in [0.1, 0.15) is 29.0 Å². The number of carbonyl (C=O) groups excluding carboxylic acids is 2. The summed E-state index contributed by atoms with van der Waals surface area (Å²) >= 11 is 0. The number of fused-ring (bicyclic) bond motifs is 1. The van der Waals surface area contributed by atoms with Crippen LogP contribution in [0.1, 0.15) is 30.4 Å². The number of nitrogens with two attached hydrogens (primary N) is 1. The molecule has 5 aromatic rings. The van der Waals surface area contributed by atoms with Gasteiger partial charge in [-0.15, -0.1) is 0 Å². The third-order valence-corrected chi connectivity index (χ3v) is 7.50. The van der Waals surface area contributed by atoms with Crippen molar-refractivity contribution in [3.63, 3.8) is 0 Å². The van der Waals surface area contributed by atoms with Crippen LogP contribution in [0.15, 0.2) is 113 Å². The zero-order valence-corrected chi connectivity index (χ0v) is 25.5. The fourth-order valence-corrected chi connectivity index (χ4v) is 5.38. The van der Waals surface area contributed by atoms with E-state index in [1.807, 2.05) is 31.5 Å². The Kier molecular flexibility index (Phi) is 8.73. The highest BCUT2D eigenvalue weighted by Crippen LogP contribution is 2.44. The number of aryl methyl sites for hydroxylation is 1. The van der Waals surface area contributed by atoms with Crippen LogP contribution in [-0.4, -0.2) is 32.1 Å². The monoisotopic (exact) mass is 631 g/mol. The first-order valence-corrected chi connectivity index (χ1v) is 14.6. The Hall–Kier alpha value is -6.30. The second-order valence-corrected chi connectivity index (χ2v) is 10.8. The number of halogens is 1. The number of hydrogen-bond acceptors (Lipinski definition) is 8. The third kappa shape index (κ3) is 6.71. The van der Waals surface area contributed by atoms with Crippen molar-refractivity contribution in [2.45, 2.75) is 19.3 Å². The lowest BCUT2D eigenvalue weighted by Crippen LogP contribution is -2.15. The first kappa shape index (κ1) is 30.7. The predicted octanol–water partition coefficient (Wildman–Crippen LogP) is 6.11. The molecule has 0 radical (unpaired) electrons. The summed E-state index contributed by atoms with van der Waals surface area (Å²) in [4.78, 5) is 33.0. The molecule has 0 bridgehead atoms. The number of aromatic nitrogens is 4. The molecule has 2 aromatic carbocycles. The molecule has 1 unspecified atom stereocenters. The van der Waals surface area contributed by atoms with Gasteiger partial charge < -0.3 is 25.5 Å². The standard InChI is InChI=1S/C35H30FN7O4/c1-21(14-15-38-20-44)29(22-6-8-25(36)9-7-22)33(45)42-27-10-12-28(13-11-27)46-34-31-30(23-4-3-5-26(37)16-23)32(24-17-41-43(2)18-24)47-35(31)40-19-39-34/h3,5-20,23H,4,37H2,1-2H3,(H,38,44)(H,42,45)/b15-14-,29-21+. The van der Waals surface area contributed by atoms with Crippen LogP contribution in [-0.2, 0) is 16.6 Å². The summed E-state index contributed by atoms with van der Waals surface area (Å²) in [5.41, 5.74) is 10.7. The van der Waals surface area contributed by atoms with Gasteiger partial charge in [-0.1, -0.05) is 24.3 Å². The number of allylic oxidation sites excluding steroid dienone is 5. The molecule has 12 heteroatoms. The summed E-state index contributed by atoms with van der Waals surface area (Å²) in [6, 6.07) is 12.4. The number of hydrogen-bond donors (Lipinski definition) is 3. The summed E-state index contributed by atoms with van der Waals surface area (Å²) in [5.74, 6) is 0.417. The second kappa shape index (κ2) is 13.4. The molecular formula is C35H30FN7O4. The number of nitrogens with one attached hydrogen (secondary N) is 2. The molecule has 1 aliphatic carbocycles. The Labute approximate surface area is 269 Å². The number of carbonyl (C=O) groups is 2. The molecule has 47 heavy (non-hydrogen) atoms. The van der Waals surface area contributed by atoms with Gasteiger partial charge in [-0.3, -0.25) is 14.3 Å². The van der Waals surface area contributed by atoms with Crippen molar-refractivity contribution in [3.05, 3.63) is 126 Å². The van der Waals surface area contributed by atoms with Crippen molar-refractivity contribution in [1.82, 2.24) is 25.1 Å². The van der Waals surface area contributed by atoms with E-state index in [4.69, 9.17) is 14.9 Å². The molecule has 236 valence electrons. The first-order chi connectivity index (χ1) is 22.8. The number of rotatable bonds is 10. The Morgan fingerprint density at radius 2 is 1.94 bits per heavy atom. The van der Waals surface area contributed by atoms with Crippen molar-refractivity contribution in [3.8, 4) is 23.0 Å². The van der Waals surface area contributed by atoms with Crippen LogP contribution in [0.25, 0.3) is 28.0 Å². The molecule has 0 fully saturated rings. The number of nitrogens with zero attached hydrogens (tertiary/aromatic N) is 4. The summed E-state index contributed by atoms with van der Waals surface area (Å²) in [5, 5.41) is 10.2. The molecule has 0 aliphatic heterocycles. The van der Waals surface area contributed by atoms with Crippen LogP contribution in [0.5, 0.6) is 11.6 Å². The quantitative estimate of drug-likeness (QED) is 0.0949. The van der Waals surface area contributed by atoms with Crippen molar-refractivity contribution in [1.29, 1.82) is 0 Å². The van der Waals surface area contributed by atoms with Crippen LogP contribution in [0.2, 0.25) is 0 Å². The molecule has 3 aromatic heterocycles. The van der Waals surface area contributed by atoms with E-state index in [1.165, 1.54) is 36.8 Å². The Morgan fingerprint density at radius 3 is 2.64 bits per heavy atom. The molecule has 0 spiro atoms. The average molecular weight is 632 g/mol. The van der Waals surface area contributed by atoms with E-state index in [-0.39, 0.29) is 5.92 Å². The topological polar surface area (TPSA) is 150 Å². The smallest absolute Gasteiger partial charge is 0.256 e. The Balaban J connectivity index is 1.30. The Morgan fingerprint density at radius 1 is 1.15 bits per heavy atom. The molecule has 3 heterocycles. The average Bonchev–Trinajstić information content (AvgIpc) is 3.67. The normalized spacial score (nSPS) is 15.0. The van der Waals surface area contributed by atoms with E-state index in [2.05, 4.69) is 25.7 Å². The fourth-order valence-electron chi connectivity index (χ4n) is 5.38. The van der Waals surface area contributed by atoms with E-state index < -0.39 is 11.7 Å². The van der Waals surface area contributed by atoms with Gasteiger partial charge in [-0.2, -0.15) is 5.10 Å². The highest BCUT2D eigenvalue weighted by Gasteiger charge is 2.28. The summed E-state index contributed by atoms with van der Waals surface area (Å²) in [7, 11) is 1.83. The molecule has 1 aliphatic rings. The van der Waals surface area contributed by atoms with Crippen LogP contribution in [0.3, 0.4) is 0 Å². The van der Waals surface area contributed by atoms with Gasteiger partial charge >= 0.3 is 0 Å². The molecule has 2 amide bonds. The summed E-state index contributed by atoms with van der Waals surface area (Å²) < 4.78 is 27.9. The lowest BCUT2D eigenvalue weighted by Gasteiger charge is -2.16. The summed E-state index contributed by atoms with van der Waals surface area (Å²) in [6.07, 6.45) is 15.0. The third-order valence-electron chi connectivity index (χ3n) is 7.50. The van der Waals surface area contributed by atoms with E-state index in [0.29, 0.717) is 69.4 Å². The SMILES string of the molecule is CC(/C=C\NC=O)=C(\C(=O)Nc1ccc(Oc2ncnc3oc(-c4cnn(C)c4)c(C4C=C(N)C=CC4)c23)cc1)c1ccc(F)cc1. The van der Waals surface area contributed by atoms with Gasteiger partial charge in [0.25, 0.3) is 5.91 Å². The first-order valence-electron chi connectivity index (χ1n) is 14.6. The maximum atomic E-state index is 13.6. The fraction of sp³-hybridized carbons (Fsp3) is 0.114. The number of furan rings is 1. The summed E-state index contributed by atoms with van der Waals surface area (Å²) in [6.45, 7) is 1.72. The molecule has 4 N–H and O–H groups in total. The minimum absolute atomic E-state index is 0.113. The van der Waals surface area contributed by atoms with E-state index >= 15 is 0 Å². The van der Waals surface area contributed by atoms with Gasteiger partial charge in [0, 0.05) is 47.9 Å².